The van der Waals surface area contributed by atoms with Crippen LogP contribution in [-0.2, 0) is 11.3 Å². The van der Waals surface area contributed by atoms with Gasteiger partial charge in [0.1, 0.15) is 0 Å². The van der Waals surface area contributed by atoms with E-state index in [1.807, 2.05) is 0 Å². The van der Waals surface area contributed by atoms with E-state index in [9.17, 15) is 4.79 Å². The van der Waals surface area contributed by atoms with Gasteiger partial charge in [-0.2, -0.15) is 0 Å². The molecule has 1 aromatic rings. The van der Waals surface area contributed by atoms with E-state index >= 15 is 0 Å². The van der Waals surface area contributed by atoms with Gasteiger partial charge in [-0.05, 0) is 51.3 Å². The Morgan fingerprint density at radius 2 is 2.22 bits per heavy atom. The Bertz CT molecular complexity index is 525. The van der Waals surface area contributed by atoms with Crippen LogP contribution in [0.25, 0.3) is 0 Å². The summed E-state index contributed by atoms with van der Waals surface area (Å²) in [6.07, 6.45) is 2.11. The topological polar surface area (TPSA) is 44.4 Å². The number of hydrogen-bond donors (Lipinski definition) is 2. The van der Waals surface area contributed by atoms with Gasteiger partial charge in [0.25, 0.3) is 0 Å². The molecule has 23 heavy (non-hydrogen) atoms. The van der Waals surface area contributed by atoms with E-state index in [1.54, 1.807) is 0 Å². The molecular formula is C19H29N3O. The van der Waals surface area contributed by atoms with Crippen LogP contribution in [0.15, 0.2) is 30.3 Å². The van der Waals surface area contributed by atoms with Gasteiger partial charge in [0, 0.05) is 25.7 Å². The minimum absolute atomic E-state index is 0.219. The minimum Gasteiger partial charge on any atom is -0.353 e. The molecule has 2 N–H and O–H groups in total. The van der Waals surface area contributed by atoms with Gasteiger partial charge in [-0.25, -0.2) is 0 Å². The Kier molecular flexibility index (Phi) is 5.02. The number of carbonyl (C=O) groups excluding carboxylic acids is 1. The summed E-state index contributed by atoms with van der Waals surface area (Å²) in [4.78, 5) is 15.0. The van der Waals surface area contributed by atoms with E-state index in [-0.39, 0.29) is 17.4 Å². The highest BCUT2D eigenvalue weighted by Crippen LogP contribution is 2.26. The molecule has 3 rings (SSSR count). The normalized spacial score (nSPS) is 29.6. The van der Waals surface area contributed by atoms with E-state index in [4.69, 9.17) is 0 Å². The molecule has 0 aliphatic carbocycles. The second kappa shape index (κ2) is 7.02. The smallest absolute Gasteiger partial charge is 0.227 e. The molecule has 4 nitrogen and oxygen atoms in total. The maximum atomic E-state index is 12.5. The van der Waals surface area contributed by atoms with Crippen LogP contribution >= 0.6 is 0 Å². The predicted octanol–water partition coefficient (Wildman–Crippen LogP) is 2.01. The van der Waals surface area contributed by atoms with Crippen molar-refractivity contribution in [3.63, 3.8) is 0 Å². The molecule has 2 saturated heterocycles. The highest BCUT2D eigenvalue weighted by Gasteiger charge is 2.38. The summed E-state index contributed by atoms with van der Waals surface area (Å²) >= 11 is 0. The van der Waals surface area contributed by atoms with Crippen LogP contribution in [0.4, 0.5) is 0 Å². The second-order valence-corrected chi connectivity index (χ2v) is 7.52. The number of nitrogens with one attached hydrogen (secondary N) is 2. The summed E-state index contributed by atoms with van der Waals surface area (Å²) in [6.45, 7) is 9.21. The summed E-state index contributed by atoms with van der Waals surface area (Å²) < 4.78 is 0. The molecule has 4 heteroatoms. The van der Waals surface area contributed by atoms with Gasteiger partial charge in [-0.15, -0.1) is 0 Å². The van der Waals surface area contributed by atoms with Crippen LogP contribution in [0.3, 0.4) is 0 Å². The van der Waals surface area contributed by atoms with E-state index < -0.39 is 0 Å². The molecule has 126 valence electrons. The Balaban J connectivity index is 1.49. The Morgan fingerprint density at radius 1 is 1.43 bits per heavy atom. The van der Waals surface area contributed by atoms with E-state index in [2.05, 4.69) is 59.7 Å². The largest absolute Gasteiger partial charge is 0.353 e. The molecule has 2 heterocycles. The minimum atomic E-state index is -0.226. The maximum absolute atomic E-state index is 12.5. The van der Waals surface area contributed by atoms with E-state index in [0.29, 0.717) is 5.92 Å². The molecule has 2 fully saturated rings. The average Bonchev–Trinajstić information content (AvgIpc) is 3.18. The lowest BCUT2D eigenvalue weighted by molar-refractivity contribution is -0.130. The number of rotatable bonds is 5. The predicted molar refractivity (Wildman–Crippen MR) is 93.0 cm³/mol. The highest BCUT2D eigenvalue weighted by atomic mass is 16.2. The molecule has 0 bridgehead atoms. The second-order valence-electron chi connectivity index (χ2n) is 7.52. The lowest BCUT2D eigenvalue weighted by Crippen LogP contribution is -2.47. The van der Waals surface area contributed by atoms with Crippen LogP contribution in [0.1, 0.15) is 32.3 Å². The summed E-state index contributed by atoms with van der Waals surface area (Å²) in [5.74, 6) is 0.775. The van der Waals surface area contributed by atoms with Crippen LogP contribution in [0, 0.1) is 11.3 Å². The first-order chi connectivity index (χ1) is 11.1. The third kappa shape index (κ3) is 3.93. The first-order valence-electron chi connectivity index (χ1n) is 8.85. The molecular weight excluding hydrogens is 286 g/mol. The number of benzene rings is 1. The molecule has 3 unspecified atom stereocenters. The molecule has 1 amide bonds. The van der Waals surface area contributed by atoms with Crippen LogP contribution in [0.2, 0.25) is 0 Å². The van der Waals surface area contributed by atoms with Gasteiger partial charge in [-0.1, -0.05) is 30.3 Å². The van der Waals surface area contributed by atoms with Crippen LogP contribution < -0.4 is 10.6 Å². The van der Waals surface area contributed by atoms with Crippen molar-refractivity contribution >= 4 is 5.91 Å². The molecule has 0 saturated carbocycles. The van der Waals surface area contributed by atoms with Crippen LogP contribution in [0.5, 0.6) is 0 Å². The number of carbonyl (C=O) groups is 1. The summed E-state index contributed by atoms with van der Waals surface area (Å²) in [7, 11) is 0. The van der Waals surface area contributed by atoms with Gasteiger partial charge in [0.05, 0.1) is 5.41 Å². The average molecular weight is 315 g/mol. The van der Waals surface area contributed by atoms with E-state index in [1.165, 1.54) is 12.0 Å². The maximum Gasteiger partial charge on any atom is 0.227 e. The number of amides is 1. The van der Waals surface area contributed by atoms with Crippen molar-refractivity contribution in [3.8, 4) is 0 Å². The summed E-state index contributed by atoms with van der Waals surface area (Å²) in [6, 6.07) is 10.9. The van der Waals surface area contributed by atoms with Gasteiger partial charge >= 0.3 is 0 Å². The van der Waals surface area contributed by atoms with Gasteiger partial charge < -0.3 is 10.6 Å². The molecule has 1 aromatic carbocycles. The highest BCUT2D eigenvalue weighted by molar-refractivity contribution is 5.83. The van der Waals surface area contributed by atoms with E-state index in [0.717, 1.165) is 39.1 Å². The van der Waals surface area contributed by atoms with Gasteiger partial charge in [0.15, 0.2) is 0 Å². The molecule has 0 aromatic heterocycles. The summed E-state index contributed by atoms with van der Waals surface area (Å²) in [5.41, 5.74) is 1.14. The van der Waals surface area contributed by atoms with Crippen molar-refractivity contribution in [3.05, 3.63) is 35.9 Å². The SMILES string of the molecule is CC(NC(=O)C1(C)CCNC1)C1CCN(Cc2ccccc2)C1. The molecule has 0 spiro atoms. The molecule has 2 aliphatic heterocycles. The molecule has 0 radical (unpaired) electrons. The van der Waals surface area contributed by atoms with Crippen molar-refractivity contribution in [1.82, 2.24) is 15.5 Å². The lowest BCUT2D eigenvalue weighted by Gasteiger charge is -2.27. The fourth-order valence-corrected chi connectivity index (χ4v) is 3.77. The first kappa shape index (κ1) is 16.5. The Morgan fingerprint density at radius 3 is 2.91 bits per heavy atom. The van der Waals surface area contributed by atoms with Crippen molar-refractivity contribution < 1.29 is 4.79 Å². The number of hydrogen-bond acceptors (Lipinski definition) is 3. The quantitative estimate of drug-likeness (QED) is 0.874. The first-order valence-corrected chi connectivity index (χ1v) is 8.85. The zero-order valence-electron chi connectivity index (χ0n) is 14.3. The number of nitrogens with zero attached hydrogens (tertiary/aromatic N) is 1. The van der Waals surface area contributed by atoms with Crippen molar-refractivity contribution in [2.45, 2.75) is 39.3 Å². The Labute approximate surface area is 139 Å². The molecule has 3 atom stereocenters. The summed E-state index contributed by atoms with van der Waals surface area (Å²) in [5, 5.41) is 6.58. The third-order valence-corrected chi connectivity index (χ3v) is 5.54. The fraction of sp³-hybridized carbons (Fsp3) is 0.632. The standard InChI is InChI=1S/C19H29N3O/c1-15(21-18(23)19(2)9-10-20-14-19)17-8-11-22(13-17)12-16-6-4-3-5-7-16/h3-7,15,17,20H,8-14H2,1-2H3,(H,21,23). The Hall–Kier alpha value is -1.39. The molecule has 2 aliphatic rings. The zero-order valence-corrected chi connectivity index (χ0v) is 14.3. The van der Waals surface area contributed by atoms with Crippen molar-refractivity contribution in [1.29, 1.82) is 0 Å². The monoisotopic (exact) mass is 315 g/mol. The van der Waals surface area contributed by atoms with Crippen molar-refractivity contribution in [2.24, 2.45) is 11.3 Å². The van der Waals surface area contributed by atoms with Crippen molar-refractivity contribution in [2.75, 3.05) is 26.2 Å². The number of likely N-dealkylation sites (tertiary alicyclic amines) is 1. The fourth-order valence-electron chi connectivity index (χ4n) is 3.77. The zero-order chi connectivity index (χ0) is 16.3. The third-order valence-electron chi connectivity index (χ3n) is 5.54. The van der Waals surface area contributed by atoms with Crippen LogP contribution in [-0.4, -0.2) is 43.0 Å². The lowest BCUT2D eigenvalue weighted by atomic mass is 9.88. The van der Waals surface area contributed by atoms with Gasteiger partial charge in [-0.3, -0.25) is 9.69 Å². The van der Waals surface area contributed by atoms with Gasteiger partial charge in [0.2, 0.25) is 5.91 Å².